The summed E-state index contributed by atoms with van der Waals surface area (Å²) in [6.07, 6.45) is 4.98. The van der Waals surface area contributed by atoms with Gasteiger partial charge in [-0.1, -0.05) is 24.3 Å². The van der Waals surface area contributed by atoms with Crippen molar-refractivity contribution >= 4 is 17.8 Å². The van der Waals surface area contributed by atoms with Gasteiger partial charge in [0, 0.05) is 29.9 Å². The summed E-state index contributed by atoms with van der Waals surface area (Å²) < 4.78 is 5.68. The molecule has 0 bridgehead atoms. The lowest BCUT2D eigenvalue weighted by atomic mass is 10.0. The van der Waals surface area contributed by atoms with E-state index in [-0.39, 0.29) is 24.1 Å². The number of carbonyl (C=O) groups excluding carboxylic acids is 2. The van der Waals surface area contributed by atoms with Crippen LogP contribution in [-0.4, -0.2) is 40.1 Å². The van der Waals surface area contributed by atoms with E-state index < -0.39 is 5.60 Å². The quantitative estimate of drug-likeness (QED) is 0.718. The van der Waals surface area contributed by atoms with Crippen molar-refractivity contribution in [3.8, 4) is 0 Å². The first-order valence-corrected chi connectivity index (χ1v) is 10.7. The molecule has 4 rings (SSSR count). The summed E-state index contributed by atoms with van der Waals surface area (Å²) in [4.78, 5) is 34.4. The van der Waals surface area contributed by atoms with Crippen molar-refractivity contribution < 1.29 is 14.3 Å². The van der Waals surface area contributed by atoms with Crippen LogP contribution in [0.2, 0.25) is 0 Å². The molecule has 0 radical (unpaired) electrons. The number of pyridine rings is 1. The maximum Gasteiger partial charge on any atom is 0.416 e. The maximum absolute atomic E-state index is 13.2. The van der Waals surface area contributed by atoms with Gasteiger partial charge in [0.2, 0.25) is 0 Å². The highest BCUT2D eigenvalue weighted by atomic mass is 16.6. The summed E-state index contributed by atoms with van der Waals surface area (Å²) >= 11 is 0. The molecular formula is C24H29N3O3. The van der Waals surface area contributed by atoms with Crippen molar-refractivity contribution in [1.29, 1.82) is 0 Å². The fourth-order valence-corrected chi connectivity index (χ4v) is 4.00. The first kappa shape index (κ1) is 20.4. The Hall–Kier alpha value is -2.89. The van der Waals surface area contributed by atoms with E-state index in [0.717, 1.165) is 31.2 Å². The van der Waals surface area contributed by atoms with E-state index >= 15 is 0 Å². The molecule has 1 saturated heterocycles. The number of carbonyl (C=O) groups is 2. The molecule has 1 aliphatic carbocycles. The SMILES string of the molecule is CC(C)(C)OC(=O)N(c1ncccc1C1CCCN1C(=O)c1ccccc1)C1CC1. The molecule has 2 heterocycles. The Kier molecular flexibility index (Phi) is 5.50. The van der Waals surface area contributed by atoms with Gasteiger partial charge in [0.05, 0.1) is 6.04 Å². The molecule has 1 aromatic heterocycles. The Balaban J connectivity index is 1.67. The fourth-order valence-electron chi connectivity index (χ4n) is 4.00. The normalized spacial score (nSPS) is 18.9. The van der Waals surface area contributed by atoms with E-state index in [1.807, 2.05) is 68.1 Å². The highest BCUT2D eigenvalue weighted by Gasteiger charge is 2.41. The molecule has 30 heavy (non-hydrogen) atoms. The summed E-state index contributed by atoms with van der Waals surface area (Å²) in [7, 11) is 0. The molecule has 158 valence electrons. The minimum Gasteiger partial charge on any atom is -0.443 e. The molecule has 1 saturated carbocycles. The van der Waals surface area contributed by atoms with Crippen LogP contribution in [0.15, 0.2) is 48.7 Å². The van der Waals surface area contributed by atoms with E-state index in [1.165, 1.54) is 0 Å². The van der Waals surface area contributed by atoms with Crippen molar-refractivity contribution in [2.45, 2.75) is 64.1 Å². The zero-order valence-electron chi connectivity index (χ0n) is 17.9. The molecule has 1 aromatic carbocycles. The maximum atomic E-state index is 13.2. The molecular weight excluding hydrogens is 378 g/mol. The largest absolute Gasteiger partial charge is 0.443 e. The number of anilines is 1. The van der Waals surface area contributed by atoms with E-state index in [4.69, 9.17) is 4.74 Å². The van der Waals surface area contributed by atoms with Gasteiger partial charge in [-0.05, 0) is 64.7 Å². The molecule has 2 aromatic rings. The minimum atomic E-state index is -0.582. The number of nitrogens with zero attached hydrogens (tertiary/aromatic N) is 3. The molecule has 2 aliphatic rings. The zero-order valence-corrected chi connectivity index (χ0v) is 17.9. The monoisotopic (exact) mass is 407 g/mol. The van der Waals surface area contributed by atoms with Gasteiger partial charge in [-0.3, -0.25) is 9.69 Å². The lowest BCUT2D eigenvalue weighted by Gasteiger charge is -2.31. The predicted molar refractivity (Wildman–Crippen MR) is 115 cm³/mol. The molecule has 2 amide bonds. The predicted octanol–water partition coefficient (Wildman–Crippen LogP) is 4.96. The van der Waals surface area contributed by atoms with Crippen LogP contribution in [0.4, 0.5) is 10.6 Å². The average Bonchev–Trinajstić information content (AvgIpc) is 3.42. The molecule has 1 aliphatic heterocycles. The standard InChI is InChI=1S/C24H29N3O3/c1-24(2,3)30-23(29)27(18-13-14-18)21-19(11-7-15-25-21)20-12-8-16-26(20)22(28)17-9-5-4-6-10-17/h4-7,9-11,15,18,20H,8,12-14,16H2,1-3H3. The molecule has 2 fully saturated rings. The van der Waals surface area contributed by atoms with Crippen LogP contribution in [0.3, 0.4) is 0 Å². The van der Waals surface area contributed by atoms with Crippen molar-refractivity contribution in [2.75, 3.05) is 11.4 Å². The molecule has 1 unspecified atom stereocenters. The van der Waals surface area contributed by atoms with Crippen molar-refractivity contribution in [3.63, 3.8) is 0 Å². The number of benzene rings is 1. The van der Waals surface area contributed by atoms with Gasteiger partial charge in [0.15, 0.2) is 0 Å². The highest BCUT2D eigenvalue weighted by Crippen LogP contribution is 2.40. The second kappa shape index (κ2) is 8.09. The lowest BCUT2D eigenvalue weighted by Crippen LogP contribution is -2.40. The van der Waals surface area contributed by atoms with Crippen LogP contribution in [0.5, 0.6) is 0 Å². The summed E-state index contributed by atoms with van der Waals surface area (Å²) in [5.74, 6) is 0.634. The van der Waals surface area contributed by atoms with Gasteiger partial charge < -0.3 is 9.64 Å². The second-order valence-electron chi connectivity index (χ2n) is 9.02. The molecule has 1 atom stereocenters. The molecule has 6 heteroatoms. The third-order valence-corrected chi connectivity index (χ3v) is 5.44. The first-order chi connectivity index (χ1) is 14.3. The Morgan fingerprint density at radius 3 is 2.47 bits per heavy atom. The Labute approximate surface area is 177 Å². The highest BCUT2D eigenvalue weighted by molar-refractivity contribution is 5.95. The van der Waals surface area contributed by atoms with Gasteiger partial charge >= 0.3 is 6.09 Å². The Morgan fingerprint density at radius 2 is 1.80 bits per heavy atom. The van der Waals surface area contributed by atoms with E-state index in [9.17, 15) is 9.59 Å². The summed E-state index contributed by atoms with van der Waals surface area (Å²) in [5, 5.41) is 0. The van der Waals surface area contributed by atoms with E-state index in [2.05, 4.69) is 4.98 Å². The van der Waals surface area contributed by atoms with Gasteiger partial charge in [-0.15, -0.1) is 0 Å². The van der Waals surface area contributed by atoms with Crippen LogP contribution >= 0.6 is 0 Å². The van der Waals surface area contributed by atoms with E-state index in [1.54, 1.807) is 11.1 Å². The van der Waals surface area contributed by atoms with Gasteiger partial charge in [-0.25, -0.2) is 9.78 Å². The Morgan fingerprint density at radius 1 is 1.07 bits per heavy atom. The number of aromatic nitrogens is 1. The van der Waals surface area contributed by atoms with Crippen molar-refractivity contribution in [3.05, 3.63) is 59.8 Å². The molecule has 0 spiro atoms. The van der Waals surface area contributed by atoms with Crippen LogP contribution < -0.4 is 4.90 Å². The number of amides is 2. The lowest BCUT2D eigenvalue weighted by molar-refractivity contribution is 0.0576. The number of likely N-dealkylation sites (tertiary alicyclic amines) is 1. The van der Waals surface area contributed by atoms with Crippen molar-refractivity contribution in [1.82, 2.24) is 9.88 Å². The van der Waals surface area contributed by atoms with Crippen molar-refractivity contribution in [2.24, 2.45) is 0 Å². The molecule has 6 nitrogen and oxygen atoms in total. The van der Waals surface area contributed by atoms with Gasteiger partial charge in [-0.2, -0.15) is 0 Å². The van der Waals surface area contributed by atoms with E-state index in [0.29, 0.717) is 17.9 Å². The minimum absolute atomic E-state index is 0.0168. The van der Waals surface area contributed by atoms with Gasteiger partial charge in [0.25, 0.3) is 5.91 Å². The Bertz CT molecular complexity index is 919. The average molecular weight is 408 g/mol. The second-order valence-corrected chi connectivity index (χ2v) is 9.02. The van der Waals surface area contributed by atoms with Crippen LogP contribution in [0.1, 0.15) is 68.4 Å². The number of ether oxygens (including phenoxy) is 1. The third kappa shape index (κ3) is 4.32. The zero-order chi connectivity index (χ0) is 21.3. The topological polar surface area (TPSA) is 62.7 Å². The van der Waals surface area contributed by atoms with Crippen LogP contribution in [0, 0.1) is 0 Å². The van der Waals surface area contributed by atoms with Crippen LogP contribution in [0.25, 0.3) is 0 Å². The summed E-state index contributed by atoms with van der Waals surface area (Å²) in [6, 6.07) is 13.2. The smallest absolute Gasteiger partial charge is 0.416 e. The third-order valence-electron chi connectivity index (χ3n) is 5.44. The summed E-state index contributed by atoms with van der Waals surface area (Å²) in [5.41, 5.74) is 1.01. The van der Waals surface area contributed by atoms with Gasteiger partial charge in [0.1, 0.15) is 11.4 Å². The fraction of sp³-hybridized carbons (Fsp3) is 0.458. The number of hydrogen-bond donors (Lipinski definition) is 0. The number of rotatable bonds is 4. The van der Waals surface area contributed by atoms with Crippen LogP contribution in [-0.2, 0) is 4.74 Å². The number of hydrogen-bond acceptors (Lipinski definition) is 4. The summed E-state index contributed by atoms with van der Waals surface area (Å²) in [6.45, 7) is 6.30. The molecule has 0 N–H and O–H groups in total. The first-order valence-electron chi connectivity index (χ1n) is 10.7.